The number of hydrogen-bond acceptors (Lipinski definition) is 6. The Bertz CT molecular complexity index is 639. The van der Waals surface area contributed by atoms with Crippen LogP contribution in [0.15, 0.2) is 5.38 Å². The summed E-state index contributed by atoms with van der Waals surface area (Å²) >= 11 is 1.65. The SMILES string of the molecule is Cc1csc(C(C)NC(=O)Nc2nnc(C(F)(F)F)s2)n1. The highest BCUT2D eigenvalue weighted by Crippen LogP contribution is 2.32. The van der Waals surface area contributed by atoms with Gasteiger partial charge in [-0.25, -0.2) is 9.78 Å². The number of hydrogen-bond donors (Lipinski definition) is 2. The fourth-order valence-electron chi connectivity index (χ4n) is 1.35. The minimum absolute atomic E-state index is 0.220. The number of urea groups is 1. The number of aryl methyl sites for hydroxylation is 1. The minimum Gasteiger partial charge on any atom is -0.329 e. The summed E-state index contributed by atoms with van der Waals surface area (Å²) < 4.78 is 37.0. The number of thiazole rings is 1. The molecule has 0 spiro atoms. The smallest absolute Gasteiger partial charge is 0.329 e. The predicted molar refractivity (Wildman–Crippen MR) is 72.3 cm³/mol. The van der Waals surface area contributed by atoms with E-state index >= 15 is 0 Å². The van der Waals surface area contributed by atoms with Gasteiger partial charge in [0.15, 0.2) is 0 Å². The molecule has 0 fully saturated rings. The number of rotatable bonds is 3. The van der Waals surface area contributed by atoms with Gasteiger partial charge in [0.1, 0.15) is 5.01 Å². The van der Waals surface area contributed by atoms with E-state index in [9.17, 15) is 18.0 Å². The molecule has 0 aliphatic rings. The Kier molecular flexibility index (Phi) is 4.42. The van der Waals surface area contributed by atoms with Crippen LogP contribution in [0.5, 0.6) is 0 Å². The lowest BCUT2D eigenvalue weighted by Gasteiger charge is -2.10. The van der Waals surface area contributed by atoms with Gasteiger partial charge in [0, 0.05) is 11.1 Å². The maximum absolute atomic E-state index is 12.3. The van der Waals surface area contributed by atoms with Crippen molar-refractivity contribution in [2.24, 2.45) is 0 Å². The number of alkyl halides is 3. The molecule has 2 N–H and O–H groups in total. The molecule has 2 amide bonds. The Balaban J connectivity index is 1.94. The first kappa shape index (κ1) is 15.6. The van der Waals surface area contributed by atoms with Crippen LogP contribution in [-0.4, -0.2) is 21.2 Å². The van der Waals surface area contributed by atoms with Crippen molar-refractivity contribution in [3.63, 3.8) is 0 Å². The number of halogens is 3. The molecule has 0 aromatic carbocycles. The van der Waals surface area contributed by atoms with Crippen molar-refractivity contribution in [2.45, 2.75) is 26.1 Å². The van der Waals surface area contributed by atoms with Crippen molar-refractivity contribution in [3.8, 4) is 0 Å². The van der Waals surface area contributed by atoms with E-state index in [1.54, 1.807) is 6.92 Å². The van der Waals surface area contributed by atoms with Crippen LogP contribution in [0.4, 0.5) is 23.1 Å². The molecule has 2 aromatic heterocycles. The first-order valence-electron chi connectivity index (χ1n) is 5.66. The summed E-state index contributed by atoms with van der Waals surface area (Å²) in [6, 6.07) is -1.03. The molecule has 0 saturated carbocycles. The van der Waals surface area contributed by atoms with E-state index in [0.717, 1.165) is 5.69 Å². The summed E-state index contributed by atoms with van der Waals surface area (Å²) in [5.41, 5.74) is 0.836. The molecule has 2 rings (SSSR count). The average molecular weight is 337 g/mol. The van der Waals surface area contributed by atoms with E-state index in [0.29, 0.717) is 5.01 Å². The van der Waals surface area contributed by atoms with Gasteiger partial charge in [-0.05, 0) is 13.8 Å². The van der Waals surface area contributed by atoms with Crippen LogP contribution in [-0.2, 0) is 6.18 Å². The topological polar surface area (TPSA) is 79.8 Å². The van der Waals surface area contributed by atoms with E-state index in [2.05, 4.69) is 25.8 Å². The van der Waals surface area contributed by atoms with Crippen LogP contribution in [0.25, 0.3) is 0 Å². The molecule has 0 radical (unpaired) electrons. The third-order valence-corrected chi connectivity index (χ3v) is 4.27. The molecular formula is C10H10F3N5OS2. The molecule has 2 aromatic rings. The van der Waals surface area contributed by atoms with E-state index < -0.39 is 17.2 Å². The van der Waals surface area contributed by atoms with Gasteiger partial charge < -0.3 is 5.32 Å². The van der Waals surface area contributed by atoms with Crippen LogP contribution >= 0.6 is 22.7 Å². The van der Waals surface area contributed by atoms with Crippen LogP contribution in [0.1, 0.15) is 28.7 Å². The van der Waals surface area contributed by atoms with Crippen LogP contribution < -0.4 is 10.6 Å². The standard InChI is InChI=1S/C10H10F3N5OS2/c1-4-3-20-6(14-4)5(2)15-8(19)16-9-18-17-7(21-9)10(11,12)13/h3,5H,1-2H3,(H2,15,16,18,19). The number of amides is 2. The summed E-state index contributed by atoms with van der Waals surface area (Å²) in [6.07, 6.45) is -4.57. The Morgan fingerprint density at radius 3 is 2.62 bits per heavy atom. The van der Waals surface area contributed by atoms with Crippen molar-refractivity contribution >= 4 is 33.8 Å². The molecule has 0 saturated heterocycles. The van der Waals surface area contributed by atoms with Crippen LogP contribution in [0.2, 0.25) is 0 Å². The van der Waals surface area contributed by atoms with Gasteiger partial charge in [-0.3, -0.25) is 5.32 Å². The van der Waals surface area contributed by atoms with Gasteiger partial charge in [0.25, 0.3) is 0 Å². The van der Waals surface area contributed by atoms with Gasteiger partial charge in [-0.15, -0.1) is 21.5 Å². The highest BCUT2D eigenvalue weighted by Gasteiger charge is 2.35. The number of nitrogens with zero attached hydrogens (tertiary/aromatic N) is 3. The monoisotopic (exact) mass is 337 g/mol. The molecule has 21 heavy (non-hydrogen) atoms. The van der Waals surface area contributed by atoms with E-state index in [1.165, 1.54) is 11.3 Å². The molecule has 114 valence electrons. The van der Waals surface area contributed by atoms with Gasteiger partial charge in [0.05, 0.1) is 6.04 Å². The number of aromatic nitrogens is 3. The van der Waals surface area contributed by atoms with Gasteiger partial charge in [0.2, 0.25) is 10.1 Å². The fraction of sp³-hybridized carbons (Fsp3) is 0.400. The molecule has 0 aliphatic heterocycles. The lowest BCUT2D eigenvalue weighted by molar-refractivity contribution is -0.138. The molecule has 1 unspecified atom stereocenters. The Morgan fingerprint density at radius 2 is 2.10 bits per heavy atom. The number of carbonyl (C=O) groups excluding carboxylic acids is 1. The Morgan fingerprint density at radius 1 is 1.38 bits per heavy atom. The van der Waals surface area contributed by atoms with E-state index in [4.69, 9.17) is 0 Å². The molecular weight excluding hydrogens is 327 g/mol. The van der Waals surface area contributed by atoms with Crippen molar-refractivity contribution in [3.05, 3.63) is 21.1 Å². The highest BCUT2D eigenvalue weighted by molar-refractivity contribution is 7.15. The second-order valence-corrected chi connectivity index (χ2v) is 5.92. The average Bonchev–Trinajstić information content (AvgIpc) is 2.97. The highest BCUT2D eigenvalue weighted by atomic mass is 32.1. The zero-order valence-corrected chi connectivity index (χ0v) is 12.5. The summed E-state index contributed by atoms with van der Waals surface area (Å²) in [5.74, 6) is 0. The molecule has 6 nitrogen and oxygen atoms in total. The third kappa shape index (κ3) is 4.11. The van der Waals surface area contributed by atoms with Gasteiger partial charge in [-0.1, -0.05) is 11.3 Å². The number of anilines is 1. The molecule has 0 aliphatic carbocycles. The maximum atomic E-state index is 12.3. The quantitative estimate of drug-likeness (QED) is 0.901. The first-order chi connectivity index (χ1) is 9.75. The molecule has 0 bridgehead atoms. The second-order valence-electron chi connectivity index (χ2n) is 4.06. The summed E-state index contributed by atoms with van der Waals surface area (Å²) in [6.45, 7) is 3.55. The predicted octanol–water partition coefficient (Wildman–Crippen LogP) is 3.20. The van der Waals surface area contributed by atoms with Crippen molar-refractivity contribution in [1.82, 2.24) is 20.5 Å². The Hall–Kier alpha value is -1.75. The summed E-state index contributed by atoms with van der Waals surface area (Å²) in [4.78, 5) is 15.9. The van der Waals surface area contributed by atoms with Gasteiger partial charge >= 0.3 is 12.2 Å². The van der Waals surface area contributed by atoms with Crippen molar-refractivity contribution < 1.29 is 18.0 Å². The van der Waals surface area contributed by atoms with Crippen molar-refractivity contribution in [1.29, 1.82) is 0 Å². The fourth-order valence-corrected chi connectivity index (χ4v) is 2.76. The lowest BCUT2D eigenvalue weighted by atomic mass is 10.3. The summed E-state index contributed by atoms with van der Waals surface area (Å²) in [5, 5.41) is 12.2. The zero-order valence-electron chi connectivity index (χ0n) is 10.9. The largest absolute Gasteiger partial charge is 0.445 e. The molecule has 11 heteroatoms. The van der Waals surface area contributed by atoms with Crippen molar-refractivity contribution in [2.75, 3.05) is 5.32 Å². The molecule has 2 heterocycles. The maximum Gasteiger partial charge on any atom is 0.445 e. The number of carbonyl (C=O) groups is 1. The first-order valence-corrected chi connectivity index (χ1v) is 7.35. The normalized spacial score (nSPS) is 13.0. The van der Waals surface area contributed by atoms with E-state index in [1.807, 2.05) is 12.3 Å². The van der Waals surface area contributed by atoms with E-state index in [-0.39, 0.29) is 22.5 Å². The van der Waals surface area contributed by atoms with Crippen LogP contribution in [0, 0.1) is 6.92 Å². The second kappa shape index (κ2) is 5.93. The zero-order chi connectivity index (χ0) is 15.6. The summed E-state index contributed by atoms with van der Waals surface area (Å²) in [7, 11) is 0. The van der Waals surface area contributed by atoms with Gasteiger partial charge in [-0.2, -0.15) is 13.2 Å². The minimum atomic E-state index is -4.57. The number of nitrogens with one attached hydrogen (secondary N) is 2. The Labute approximate surface area is 125 Å². The third-order valence-electron chi connectivity index (χ3n) is 2.24. The molecule has 1 atom stereocenters. The lowest BCUT2D eigenvalue weighted by Crippen LogP contribution is -2.31. The van der Waals surface area contributed by atoms with Crippen LogP contribution in [0.3, 0.4) is 0 Å².